The number of hydrogen-bond acceptors (Lipinski definition) is 34. The SMILES string of the molecule is CCOC(=O)c1ccccc1N(C)c1nc(Cl)ncc1[N+](=O)[O-].CCOC(=O)c1ccccc1NC.CN1C(=O)c2ccccc2N(C)c2nc(Cl)ncc21.CN1c2ccccc2C(=O)Nc2cnc(Cl)nc21.COc1cc(N2CCN(C)CC2)ccc1N.COc1cc(N2CCN(C)CC2)ccc1Nc1ncc2c(n1)N(C)c1ccccc1C(=O)N2C.O=[N+]([O-])c1cnc(Cl)nc1Cl. The number of nitrogen functional groups attached to an aromatic ring is 1. The number of benzene rings is 7. The Bertz CT molecular complexity index is 6260. The molecule has 39 nitrogen and oxygen atoms in total. The lowest BCUT2D eigenvalue weighted by atomic mass is 10.1. The number of amides is 3. The molecule has 2 fully saturated rings. The van der Waals surface area contributed by atoms with Crippen LogP contribution in [0, 0.1) is 20.2 Å². The van der Waals surface area contributed by atoms with Gasteiger partial charge in [-0.25, -0.2) is 34.5 Å². The second-order valence-corrected chi connectivity index (χ2v) is 31.3. The van der Waals surface area contributed by atoms with Gasteiger partial charge in [-0.1, -0.05) is 72.3 Å². The monoisotopic (exact) mass is 1920 g/mol. The van der Waals surface area contributed by atoms with Crippen molar-refractivity contribution >= 4 is 197 Å². The van der Waals surface area contributed by atoms with Gasteiger partial charge < -0.3 is 89.6 Å². The van der Waals surface area contributed by atoms with E-state index in [-0.39, 0.29) is 79.3 Å². The number of nitro groups is 2. The van der Waals surface area contributed by atoms with Crippen LogP contribution in [0.5, 0.6) is 11.5 Å². The summed E-state index contributed by atoms with van der Waals surface area (Å²) in [5.74, 6) is 2.55. The molecule has 0 radical (unpaired) electrons. The molecule has 3 amide bonds. The maximum atomic E-state index is 13.0. The first kappa shape index (κ1) is 99.8. The number of rotatable bonds is 15. The van der Waals surface area contributed by atoms with E-state index in [9.17, 15) is 44.2 Å². The predicted octanol–water partition coefficient (Wildman–Crippen LogP) is 15.9. The fourth-order valence-corrected chi connectivity index (χ4v) is 14.8. The number of methoxy groups -OCH3 is 2. The molecule has 5 aromatic heterocycles. The van der Waals surface area contributed by atoms with Gasteiger partial charge in [0.2, 0.25) is 38.1 Å². The van der Waals surface area contributed by atoms with Gasteiger partial charge in [-0.2, -0.15) is 24.9 Å². The molecule has 10 heterocycles. The number of aromatic nitrogens is 10. The highest BCUT2D eigenvalue weighted by Gasteiger charge is 2.33. The van der Waals surface area contributed by atoms with Crippen LogP contribution in [0.15, 0.2) is 189 Å². The minimum absolute atomic E-state index is 0.0215. The summed E-state index contributed by atoms with van der Waals surface area (Å²) in [4.78, 5) is 140. The lowest BCUT2D eigenvalue weighted by molar-refractivity contribution is -0.385. The van der Waals surface area contributed by atoms with E-state index in [4.69, 9.17) is 87.7 Å². The molecule has 0 bridgehead atoms. The largest absolute Gasteiger partial charge is 0.495 e. The molecule has 12 aromatic rings. The highest BCUT2D eigenvalue weighted by Crippen LogP contribution is 2.43. The molecule has 44 heteroatoms. The van der Waals surface area contributed by atoms with Gasteiger partial charge in [0.15, 0.2) is 17.5 Å². The van der Waals surface area contributed by atoms with E-state index in [0.717, 1.165) is 110 Å². The van der Waals surface area contributed by atoms with Crippen LogP contribution in [0.2, 0.25) is 26.3 Å². The predicted molar refractivity (Wildman–Crippen MR) is 521 cm³/mol. The Morgan fingerprint density at radius 1 is 0.478 bits per heavy atom. The molecule has 0 atom stereocenters. The van der Waals surface area contributed by atoms with E-state index < -0.39 is 15.8 Å². The molecule has 0 saturated carbocycles. The summed E-state index contributed by atoms with van der Waals surface area (Å²) in [5.41, 5.74) is 17.0. The van der Waals surface area contributed by atoms with Crippen molar-refractivity contribution in [3.63, 3.8) is 0 Å². The van der Waals surface area contributed by atoms with Crippen LogP contribution in [0.1, 0.15) is 65.6 Å². The molecule has 0 spiro atoms. The highest BCUT2D eigenvalue weighted by atomic mass is 35.5. The maximum Gasteiger partial charge on any atom is 0.340 e. The summed E-state index contributed by atoms with van der Waals surface area (Å²) in [5, 5.41) is 30.1. The lowest BCUT2D eigenvalue weighted by Crippen LogP contribution is -2.44. The Kier molecular flexibility index (Phi) is 34.5. The zero-order valence-corrected chi connectivity index (χ0v) is 78.9. The van der Waals surface area contributed by atoms with Crippen molar-refractivity contribution < 1.29 is 52.8 Å². The molecular formula is C90H95Cl5N26O13. The van der Waals surface area contributed by atoms with E-state index in [0.29, 0.717) is 80.7 Å². The number of nitrogens with two attached hydrogens (primary N) is 1. The molecule has 0 aliphatic carbocycles. The number of nitrogens with one attached hydrogen (secondary N) is 3. The number of nitrogens with zero attached hydrogens (tertiary/aromatic N) is 22. The summed E-state index contributed by atoms with van der Waals surface area (Å²) < 4.78 is 20.8. The Hall–Kier alpha value is -14.7. The van der Waals surface area contributed by atoms with Gasteiger partial charge >= 0.3 is 23.3 Å². The Morgan fingerprint density at radius 3 is 1.45 bits per heavy atom. The first-order chi connectivity index (χ1) is 64.3. The fourth-order valence-electron chi connectivity index (χ4n) is 14.1. The van der Waals surface area contributed by atoms with Crippen molar-refractivity contribution in [2.45, 2.75) is 13.8 Å². The molecule has 5 aliphatic heterocycles. The third-order valence-electron chi connectivity index (χ3n) is 21.2. The molecule has 0 unspecified atom stereocenters. The minimum atomic E-state index is -0.682. The van der Waals surface area contributed by atoms with Crippen LogP contribution in [0.25, 0.3) is 0 Å². The molecule has 5 N–H and O–H groups in total. The zero-order valence-electron chi connectivity index (χ0n) is 75.1. The third-order valence-corrected chi connectivity index (χ3v) is 22.2. The molecule has 5 aliphatic rings. The van der Waals surface area contributed by atoms with Crippen LogP contribution < -0.4 is 70.4 Å². The topological polar surface area (TPSA) is 432 Å². The number of esters is 2. The van der Waals surface area contributed by atoms with Crippen molar-refractivity contribution in [3.8, 4) is 11.5 Å². The zero-order chi connectivity index (χ0) is 96.7. The van der Waals surface area contributed by atoms with Gasteiger partial charge in [-0.05, 0) is 159 Å². The minimum Gasteiger partial charge on any atom is -0.495 e. The van der Waals surface area contributed by atoms with Gasteiger partial charge in [-0.3, -0.25) is 34.6 Å². The maximum absolute atomic E-state index is 13.0. The van der Waals surface area contributed by atoms with Gasteiger partial charge in [0, 0.05) is 131 Å². The summed E-state index contributed by atoms with van der Waals surface area (Å²) in [7, 11) is 20.0. The van der Waals surface area contributed by atoms with Crippen molar-refractivity contribution in [2.24, 2.45) is 0 Å². The van der Waals surface area contributed by atoms with E-state index in [1.54, 1.807) is 116 Å². The van der Waals surface area contributed by atoms with Crippen LogP contribution >= 0.6 is 58.0 Å². The number of piperazine rings is 2. The summed E-state index contributed by atoms with van der Waals surface area (Å²) >= 11 is 28.0. The fraction of sp³-hybridized carbons (Fsp3) is 0.256. The van der Waals surface area contributed by atoms with Crippen molar-refractivity contribution in [1.29, 1.82) is 0 Å². The van der Waals surface area contributed by atoms with Crippen molar-refractivity contribution in [3.05, 3.63) is 263 Å². The number of halogens is 5. The third kappa shape index (κ3) is 24.3. The molecule has 134 heavy (non-hydrogen) atoms. The van der Waals surface area contributed by atoms with Crippen molar-refractivity contribution in [1.82, 2.24) is 59.6 Å². The smallest absolute Gasteiger partial charge is 0.340 e. The van der Waals surface area contributed by atoms with Crippen LogP contribution in [0.3, 0.4) is 0 Å². The van der Waals surface area contributed by atoms with Crippen LogP contribution in [0.4, 0.5) is 109 Å². The standard InChI is InChI=1S/C25H29N7O2.C14H13ClN4O4.C13H11ClN4O.C12H9ClN4O.C12H19N3O.C10H13NO2.C4HCl2N3O2/c1-29-11-13-32(14-12-29)17-9-10-19(22(15-17)34-4)27-25-26-16-21-23(28-25)30(2)20-8-6-5-7-18(20)24(33)31(21)3;1-3-23-13(20)9-6-4-5-7-10(9)18(2)12-11(19(21)22)8-16-14(15)17-12;1-17-9-6-4-3-5-8(9)12(19)18(2)10-7-15-13(14)16-11(10)17;1-17-9-5-3-2-4-7(9)11(18)15-8-6-14-12(13)16-10(8)17;1-14-5-7-15(8-6-14)10-3-4-11(13)12(9-10)16-2;1-3-13-10(12)8-6-4-5-7-9(8)11-2;5-3-2(9(10)11)1-7-4(6)8-3/h5-10,15-16H,11-14H2,1-4H3,(H,26,27,28);4-8H,3H2,1-2H3;3-7H,1-2H3;2-6H,1H3,(H,15,18);3-4,9H,5-8,13H2,1-2H3;4-7,11H,3H2,1-2H3;1H. The number of carbonyl (C=O) groups is 5. The van der Waals surface area contributed by atoms with Gasteiger partial charge in [0.1, 0.15) is 41.0 Å². The number of para-hydroxylation sites is 5. The van der Waals surface area contributed by atoms with Crippen LogP contribution in [-0.4, -0.2) is 242 Å². The first-order valence-electron chi connectivity index (χ1n) is 41.2. The van der Waals surface area contributed by atoms with E-state index in [2.05, 4.69) is 107 Å². The van der Waals surface area contributed by atoms with Gasteiger partial charge in [0.25, 0.3) is 17.7 Å². The molecule has 2 saturated heterocycles. The molecule has 698 valence electrons. The molecule has 17 rings (SSSR count). The Balaban J connectivity index is 0.000000155. The Labute approximate surface area is 796 Å². The summed E-state index contributed by atoms with van der Waals surface area (Å²) in [6, 6.07) is 48.2. The quantitative estimate of drug-likeness (QED) is 0.0185. The summed E-state index contributed by atoms with van der Waals surface area (Å²) in [6.45, 7) is 12.5. The van der Waals surface area contributed by atoms with Crippen LogP contribution in [-0.2, 0) is 9.47 Å². The number of fused-ring (bicyclic) bond motifs is 6. The number of ether oxygens (including phenoxy) is 4. The van der Waals surface area contributed by atoms with E-state index in [1.807, 2.05) is 139 Å². The second kappa shape index (κ2) is 46.4. The normalized spacial score (nSPS) is 13.4. The number of hydrogen-bond donors (Lipinski definition) is 4. The highest BCUT2D eigenvalue weighted by molar-refractivity contribution is 6.33. The molecule has 7 aromatic carbocycles. The summed E-state index contributed by atoms with van der Waals surface area (Å²) in [6.07, 6.45) is 6.72. The number of carbonyl (C=O) groups excluding carboxylic acids is 5. The van der Waals surface area contributed by atoms with E-state index in [1.165, 1.54) is 21.7 Å². The van der Waals surface area contributed by atoms with Gasteiger partial charge in [0.05, 0.1) is 118 Å². The average Bonchev–Trinajstić information content (AvgIpc) is 1.63. The lowest BCUT2D eigenvalue weighted by Gasteiger charge is -2.34. The number of likely N-dealkylation sites (N-methyl/N-ethyl adjacent to an activating group) is 2. The first-order valence-corrected chi connectivity index (χ1v) is 43.1. The van der Waals surface area contributed by atoms with Crippen molar-refractivity contribution in [2.75, 3.05) is 204 Å². The Morgan fingerprint density at radius 2 is 0.910 bits per heavy atom. The molecular weight excluding hydrogens is 1830 g/mol. The van der Waals surface area contributed by atoms with Gasteiger partial charge in [-0.15, -0.1) is 0 Å². The number of anilines is 17. The second-order valence-electron chi connectivity index (χ2n) is 29.5. The van der Waals surface area contributed by atoms with E-state index >= 15 is 0 Å². The average molecular weight is 1930 g/mol.